The Hall–Kier alpha value is -11.0. The Labute approximate surface area is 493 Å². The molecule has 0 aliphatic carbocycles. The van der Waals surface area contributed by atoms with E-state index in [1.54, 1.807) is 113 Å². The predicted octanol–water partition coefficient (Wildman–Crippen LogP) is 4.37. The van der Waals surface area contributed by atoms with Crippen molar-refractivity contribution in [1.29, 1.82) is 0 Å². The van der Waals surface area contributed by atoms with Gasteiger partial charge < -0.3 is 52.1 Å². The number of rotatable bonds is 20. The van der Waals surface area contributed by atoms with E-state index in [1.807, 2.05) is 6.07 Å². The number of phenols is 2. The number of aryl methyl sites for hydroxylation is 4. The van der Waals surface area contributed by atoms with Crippen molar-refractivity contribution in [2.75, 3.05) is 33.9 Å². The molecule has 0 bridgehead atoms. The number of amides is 7. The molecule has 23 heteroatoms. The second-order valence-electron chi connectivity index (χ2n) is 20.4. The summed E-state index contributed by atoms with van der Waals surface area (Å²) < 4.78 is 0. The van der Waals surface area contributed by atoms with E-state index in [4.69, 9.17) is 5.73 Å². The second-order valence-corrected chi connectivity index (χ2v) is 20.4. The van der Waals surface area contributed by atoms with Crippen LogP contribution in [-0.2, 0) is 43.2 Å². The number of benzodiazepines with no additional fused rings is 2. The van der Waals surface area contributed by atoms with Gasteiger partial charge in [-0.05, 0) is 124 Å². The third kappa shape index (κ3) is 15.2. The normalized spacial score (nSPS) is 15.0. The molecule has 2 aliphatic heterocycles. The number of ketones is 2. The van der Waals surface area contributed by atoms with E-state index in [2.05, 4.69) is 36.6 Å². The van der Waals surface area contributed by atoms with Crippen LogP contribution in [0.15, 0.2) is 131 Å². The Morgan fingerprint density at radius 3 is 1.31 bits per heavy atom. The standard InChI is InChI=1S/C32H31N5O7.C31H31N5O6/c1-18-11-22(12-19(2)29(18)42)31(43)36-30-32(44)37(15-27(41)34-24(16-38)13-20(3)40)26-10-9-23(33-17-39)14-25(26)28(35-30)21-7-5-4-6-8-21;1-17-11-21(12-18(2)28(17)40)30(41)35-29-31(42)36(15-26(39)33-23(16-37)13-19(3)38)25-10-9-22(32)14-24(25)27(34-29)20-7-5-4-6-8-20/h4-12,14,16-17,24,30,42H,13,15H2,1-3H3,(H,33,39)(H,34,41)(H,36,43);4-12,14,16,23,29,40H,13,15,32H2,1-3H3,(H,33,39)(H,35,41)/t24-,30?;23-,29?/m00/s1. The third-order valence-electron chi connectivity index (χ3n) is 13.6. The van der Waals surface area contributed by atoms with Gasteiger partial charge in [-0.1, -0.05) is 60.7 Å². The van der Waals surface area contributed by atoms with Gasteiger partial charge in [0, 0.05) is 57.6 Å². The third-order valence-corrected chi connectivity index (χ3v) is 13.6. The quantitative estimate of drug-likeness (QED) is 0.0389. The summed E-state index contributed by atoms with van der Waals surface area (Å²) in [5.74, 6) is -4.64. The molecule has 8 rings (SSSR count). The number of nitrogens with zero attached hydrogens (tertiary/aromatic N) is 4. The molecule has 442 valence electrons. The van der Waals surface area contributed by atoms with Gasteiger partial charge in [-0.25, -0.2) is 9.98 Å². The molecule has 7 amide bonds. The zero-order valence-electron chi connectivity index (χ0n) is 47.7. The van der Waals surface area contributed by atoms with E-state index < -0.39 is 72.9 Å². The number of anilines is 4. The maximum atomic E-state index is 14.1. The molecule has 0 spiro atoms. The Morgan fingerprint density at radius 2 is 0.942 bits per heavy atom. The summed E-state index contributed by atoms with van der Waals surface area (Å²) in [4.78, 5) is 150. The van der Waals surface area contributed by atoms with E-state index in [1.165, 1.54) is 44.2 Å². The fourth-order valence-corrected chi connectivity index (χ4v) is 9.57. The highest BCUT2D eigenvalue weighted by Gasteiger charge is 2.37. The fraction of sp³-hybridized carbons (Fsp3) is 0.222. The highest BCUT2D eigenvalue weighted by Crippen LogP contribution is 2.33. The number of carbonyl (C=O) groups is 11. The van der Waals surface area contributed by atoms with Gasteiger partial charge in [0.1, 0.15) is 48.7 Å². The fourth-order valence-electron chi connectivity index (χ4n) is 9.57. The number of nitrogens with one attached hydrogen (secondary N) is 5. The minimum atomic E-state index is -1.51. The van der Waals surface area contributed by atoms with Crippen molar-refractivity contribution in [3.63, 3.8) is 0 Å². The maximum Gasteiger partial charge on any atom is 0.272 e. The van der Waals surface area contributed by atoms with Crippen LogP contribution in [0.2, 0.25) is 0 Å². The molecule has 2 aliphatic rings. The van der Waals surface area contributed by atoms with Gasteiger partial charge in [-0.2, -0.15) is 0 Å². The van der Waals surface area contributed by atoms with Gasteiger partial charge in [-0.3, -0.25) is 53.0 Å². The topological polar surface area (TPSA) is 346 Å². The zero-order valence-corrected chi connectivity index (χ0v) is 47.7. The first kappa shape index (κ1) is 62.6. The Morgan fingerprint density at radius 1 is 0.558 bits per heavy atom. The summed E-state index contributed by atoms with van der Waals surface area (Å²) in [6.45, 7) is 8.08. The number of aldehydes is 2. The summed E-state index contributed by atoms with van der Waals surface area (Å²) in [6.07, 6.45) is -1.98. The van der Waals surface area contributed by atoms with Crippen molar-refractivity contribution < 1.29 is 63.0 Å². The van der Waals surface area contributed by atoms with Crippen LogP contribution in [-0.4, -0.2) is 125 Å². The van der Waals surface area contributed by atoms with Crippen LogP contribution in [0.1, 0.15) is 91.9 Å². The first-order valence-electron chi connectivity index (χ1n) is 26.8. The smallest absolute Gasteiger partial charge is 0.272 e. The van der Waals surface area contributed by atoms with Gasteiger partial charge in [0.2, 0.25) is 30.6 Å². The Bertz CT molecular complexity index is 3710. The van der Waals surface area contributed by atoms with E-state index in [0.29, 0.717) is 92.0 Å². The number of aromatic hydroxyl groups is 2. The minimum Gasteiger partial charge on any atom is -0.507 e. The molecule has 9 N–H and O–H groups in total. The van der Waals surface area contributed by atoms with Gasteiger partial charge >= 0.3 is 0 Å². The number of benzene rings is 6. The zero-order chi connectivity index (χ0) is 62.5. The first-order chi connectivity index (χ1) is 41.0. The Kier molecular flexibility index (Phi) is 20.3. The molecule has 4 atom stereocenters. The number of carbonyl (C=O) groups excluding carboxylic acids is 11. The molecule has 0 fully saturated rings. The highest BCUT2D eigenvalue weighted by molar-refractivity contribution is 6.23. The molecule has 86 heavy (non-hydrogen) atoms. The van der Waals surface area contributed by atoms with Crippen molar-refractivity contribution in [1.82, 2.24) is 21.3 Å². The number of hydrogen-bond acceptors (Lipinski definition) is 16. The van der Waals surface area contributed by atoms with Crippen LogP contribution in [0, 0.1) is 27.7 Å². The van der Waals surface area contributed by atoms with Crippen molar-refractivity contribution in [2.45, 2.75) is 78.8 Å². The first-order valence-corrected chi connectivity index (χ1v) is 26.8. The SMILES string of the molecule is CC(=O)C[C@@H](C=O)NC(=O)CN1C(=O)C(NC(=O)c2cc(C)c(O)c(C)c2)N=C(c2ccccc2)c2cc(N)ccc21.CC(=O)C[C@@H](C=O)NC(=O)CN1C(=O)C(NC(=O)c2cc(C)c(O)c(C)c2)N=C(c2ccccc2)c2cc(NC=O)ccc21. The number of nitrogens with two attached hydrogens (primary N) is 1. The summed E-state index contributed by atoms with van der Waals surface area (Å²) in [5.41, 5.74) is 12.5. The van der Waals surface area contributed by atoms with Crippen LogP contribution in [0.5, 0.6) is 11.5 Å². The van der Waals surface area contributed by atoms with E-state index in [9.17, 15) is 63.0 Å². The average molecular weight is 1170 g/mol. The molecular formula is C63H62N10O13. The molecule has 0 saturated heterocycles. The number of nitrogen functional groups attached to an aromatic ring is 1. The van der Waals surface area contributed by atoms with Gasteiger partial charge in [0.25, 0.3) is 23.6 Å². The number of phenolic OH excluding ortho intramolecular Hbond substituents is 2. The van der Waals surface area contributed by atoms with E-state index >= 15 is 0 Å². The van der Waals surface area contributed by atoms with Crippen molar-refractivity contribution >= 4 is 100 Å². The van der Waals surface area contributed by atoms with Crippen molar-refractivity contribution in [3.05, 3.63) is 177 Å². The van der Waals surface area contributed by atoms with Crippen LogP contribution >= 0.6 is 0 Å². The molecule has 0 aromatic heterocycles. The largest absolute Gasteiger partial charge is 0.507 e. The lowest BCUT2D eigenvalue weighted by molar-refractivity contribution is -0.127. The highest BCUT2D eigenvalue weighted by atomic mass is 16.3. The number of aliphatic imine (C=N–C) groups is 2. The lowest BCUT2D eigenvalue weighted by atomic mass is 9.99. The van der Waals surface area contributed by atoms with Crippen LogP contribution in [0.25, 0.3) is 0 Å². The average Bonchev–Trinajstić information content (AvgIpc) is 2.12. The van der Waals surface area contributed by atoms with E-state index in [0.717, 1.165) is 9.80 Å². The summed E-state index contributed by atoms with van der Waals surface area (Å²) in [6, 6.07) is 31.1. The summed E-state index contributed by atoms with van der Waals surface area (Å²) in [7, 11) is 0. The Balaban J connectivity index is 0.000000246. The molecule has 2 unspecified atom stereocenters. The molecule has 0 saturated carbocycles. The van der Waals surface area contributed by atoms with Gasteiger partial charge in [-0.15, -0.1) is 0 Å². The number of hydrogen-bond donors (Lipinski definition) is 8. The van der Waals surface area contributed by atoms with E-state index in [-0.39, 0.29) is 52.7 Å². The molecule has 0 radical (unpaired) electrons. The van der Waals surface area contributed by atoms with Crippen LogP contribution < -0.4 is 42.1 Å². The van der Waals surface area contributed by atoms with Crippen molar-refractivity contribution in [3.8, 4) is 11.5 Å². The van der Waals surface area contributed by atoms with Crippen LogP contribution in [0.4, 0.5) is 22.7 Å². The predicted molar refractivity (Wildman–Crippen MR) is 320 cm³/mol. The van der Waals surface area contributed by atoms with Crippen LogP contribution in [0.3, 0.4) is 0 Å². The monoisotopic (exact) mass is 1170 g/mol. The minimum absolute atomic E-state index is 0.0438. The maximum absolute atomic E-state index is 14.1. The molecule has 6 aromatic carbocycles. The van der Waals surface area contributed by atoms with Crippen molar-refractivity contribution in [2.24, 2.45) is 9.98 Å². The summed E-state index contributed by atoms with van der Waals surface area (Å²) >= 11 is 0. The van der Waals surface area contributed by atoms with Gasteiger partial charge in [0.05, 0.1) is 34.9 Å². The second kappa shape index (κ2) is 27.9. The molecule has 6 aromatic rings. The number of fused-ring (bicyclic) bond motifs is 2. The number of Topliss-reactive ketones (excluding diaryl/α,β-unsaturated/α-hetero) is 2. The lowest BCUT2D eigenvalue weighted by Crippen LogP contribution is -2.51. The lowest BCUT2D eigenvalue weighted by Gasteiger charge is -2.26. The van der Waals surface area contributed by atoms with Gasteiger partial charge in [0.15, 0.2) is 0 Å². The molecule has 23 nitrogen and oxygen atoms in total. The summed E-state index contributed by atoms with van der Waals surface area (Å²) in [5, 5.41) is 33.1. The molecule has 2 heterocycles. The molecular weight excluding hydrogens is 1100 g/mol.